The molecule has 1 N–H and O–H groups in total. The fourth-order valence-corrected chi connectivity index (χ4v) is 3.92. The molecule has 0 spiro atoms. The Bertz CT molecular complexity index is 1040. The van der Waals surface area contributed by atoms with Crippen LogP contribution in [0.4, 0.5) is 5.69 Å². The van der Waals surface area contributed by atoms with Crippen molar-refractivity contribution in [1.29, 1.82) is 0 Å². The maximum Gasteiger partial charge on any atom is 0.234 e. The molecule has 1 aliphatic heterocycles. The lowest BCUT2D eigenvalue weighted by molar-refractivity contribution is -0.113. The topological polar surface area (TPSA) is 60.5 Å². The first-order chi connectivity index (χ1) is 13.6. The van der Waals surface area contributed by atoms with Crippen LogP contribution in [0, 0.1) is 6.92 Å². The number of ether oxygens (including phenoxy) is 2. The van der Waals surface area contributed by atoms with Gasteiger partial charge in [-0.05, 0) is 54.8 Å². The van der Waals surface area contributed by atoms with Crippen LogP contribution >= 0.6 is 11.8 Å². The highest BCUT2D eigenvalue weighted by molar-refractivity contribution is 8.00. The first-order valence-electron chi connectivity index (χ1n) is 9.35. The molecule has 0 atom stereocenters. The van der Waals surface area contributed by atoms with Crippen LogP contribution in [0.25, 0.3) is 10.9 Å². The maximum absolute atomic E-state index is 12.4. The van der Waals surface area contributed by atoms with E-state index in [2.05, 4.69) is 30.4 Å². The van der Waals surface area contributed by atoms with Crippen molar-refractivity contribution in [3.05, 3.63) is 53.6 Å². The third kappa shape index (κ3) is 4.07. The Hall–Kier alpha value is -2.73. The second kappa shape index (κ2) is 8.10. The van der Waals surface area contributed by atoms with Crippen molar-refractivity contribution in [2.45, 2.75) is 25.3 Å². The summed E-state index contributed by atoms with van der Waals surface area (Å²) in [4.78, 5) is 17.1. The smallest absolute Gasteiger partial charge is 0.234 e. The number of nitrogens with one attached hydrogen (secondary N) is 1. The van der Waals surface area contributed by atoms with Gasteiger partial charge in [0, 0.05) is 17.1 Å². The molecular weight excluding hydrogens is 372 g/mol. The molecule has 0 radical (unpaired) electrons. The molecular formula is C22H22N2O3S. The Balaban J connectivity index is 1.42. The standard InChI is InChI=1S/C22H22N2O3S/c1-3-15-4-6-18-16(11-15)10-14(2)22(24-18)28-13-21(25)23-17-5-7-19-20(12-17)27-9-8-26-19/h4-7,10-12H,3,8-9,13H2,1-2H3,(H,23,25). The fourth-order valence-electron chi connectivity index (χ4n) is 3.13. The zero-order valence-corrected chi connectivity index (χ0v) is 16.8. The van der Waals surface area contributed by atoms with Crippen LogP contribution in [0.3, 0.4) is 0 Å². The Kier molecular flexibility index (Phi) is 5.39. The Labute approximate surface area is 168 Å². The van der Waals surface area contributed by atoms with Crippen molar-refractivity contribution in [3.8, 4) is 11.5 Å². The second-order valence-electron chi connectivity index (χ2n) is 6.69. The van der Waals surface area contributed by atoms with E-state index in [1.807, 2.05) is 25.1 Å². The minimum absolute atomic E-state index is 0.0793. The first-order valence-corrected chi connectivity index (χ1v) is 10.3. The number of carbonyl (C=O) groups excluding carboxylic acids is 1. The van der Waals surface area contributed by atoms with E-state index in [0.29, 0.717) is 36.2 Å². The summed E-state index contributed by atoms with van der Waals surface area (Å²) >= 11 is 1.45. The second-order valence-corrected chi connectivity index (χ2v) is 7.65. The monoisotopic (exact) mass is 394 g/mol. The average molecular weight is 394 g/mol. The number of hydrogen-bond acceptors (Lipinski definition) is 5. The summed E-state index contributed by atoms with van der Waals surface area (Å²) < 4.78 is 11.1. The Morgan fingerprint density at radius 2 is 1.93 bits per heavy atom. The number of aryl methyl sites for hydroxylation is 2. The van der Waals surface area contributed by atoms with Gasteiger partial charge in [0.05, 0.1) is 11.3 Å². The molecule has 1 aromatic heterocycles. The van der Waals surface area contributed by atoms with E-state index in [4.69, 9.17) is 14.5 Å². The molecule has 0 fully saturated rings. The summed E-state index contributed by atoms with van der Waals surface area (Å²) in [5.74, 6) is 1.58. The number of aromatic nitrogens is 1. The van der Waals surface area contributed by atoms with Crippen LogP contribution < -0.4 is 14.8 Å². The molecule has 4 rings (SSSR count). The minimum atomic E-state index is -0.0793. The van der Waals surface area contributed by atoms with Crippen LogP contribution in [0.1, 0.15) is 18.1 Å². The zero-order chi connectivity index (χ0) is 19.5. The van der Waals surface area contributed by atoms with Gasteiger partial charge in [-0.15, -0.1) is 0 Å². The molecule has 0 bridgehead atoms. The van der Waals surface area contributed by atoms with Gasteiger partial charge in [0.1, 0.15) is 18.2 Å². The molecule has 0 saturated heterocycles. The van der Waals surface area contributed by atoms with E-state index >= 15 is 0 Å². The molecule has 0 unspecified atom stereocenters. The van der Waals surface area contributed by atoms with Gasteiger partial charge in [0.25, 0.3) is 0 Å². The van der Waals surface area contributed by atoms with Gasteiger partial charge in [-0.3, -0.25) is 4.79 Å². The molecule has 5 nitrogen and oxygen atoms in total. The van der Waals surface area contributed by atoms with Crippen molar-refractivity contribution in [3.63, 3.8) is 0 Å². The summed E-state index contributed by atoms with van der Waals surface area (Å²) in [6.45, 7) is 5.25. The molecule has 2 aromatic carbocycles. The van der Waals surface area contributed by atoms with E-state index in [-0.39, 0.29) is 5.91 Å². The lowest BCUT2D eigenvalue weighted by Gasteiger charge is -2.19. The third-order valence-electron chi connectivity index (χ3n) is 4.60. The van der Waals surface area contributed by atoms with Gasteiger partial charge in [-0.25, -0.2) is 4.98 Å². The molecule has 1 amide bonds. The van der Waals surface area contributed by atoms with Gasteiger partial charge in [-0.1, -0.05) is 24.8 Å². The van der Waals surface area contributed by atoms with Crippen LogP contribution in [0.5, 0.6) is 11.5 Å². The molecule has 0 aliphatic carbocycles. The number of rotatable bonds is 5. The summed E-state index contributed by atoms with van der Waals surface area (Å²) in [6, 6.07) is 13.9. The SMILES string of the molecule is CCc1ccc2nc(SCC(=O)Nc3ccc4c(c3)OCCO4)c(C)cc2c1. The number of carbonyl (C=O) groups is 1. The van der Waals surface area contributed by atoms with Gasteiger partial charge in [0.15, 0.2) is 11.5 Å². The lowest BCUT2D eigenvalue weighted by atomic mass is 10.1. The van der Waals surface area contributed by atoms with Gasteiger partial charge >= 0.3 is 0 Å². The minimum Gasteiger partial charge on any atom is -0.486 e. The Morgan fingerprint density at radius 3 is 2.75 bits per heavy atom. The average Bonchev–Trinajstić information content (AvgIpc) is 2.71. The highest BCUT2D eigenvalue weighted by Gasteiger charge is 2.13. The number of amides is 1. The normalized spacial score (nSPS) is 12.8. The highest BCUT2D eigenvalue weighted by atomic mass is 32.2. The van der Waals surface area contributed by atoms with Gasteiger partial charge in [0.2, 0.25) is 5.91 Å². The summed E-state index contributed by atoms with van der Waals surface area (Å²) in [7, 11) is 0. The van der Waals surface area contributed by atoms with E-state index in [1.165, 1.54) is 17.3 Å². The number of thioether (sulfide) groups is 1. The number of hydrogen-bond donors (Lipinski definition) is 1. The summed E-state index contributed by atoms with van der Waals surface area (Å²) in [5, 5.41) is 4.93. The number of nitrogens with zero attached hydrogens (tertiary/aromatic N) is 1. The van der Waals surface area contributed by atoms with E-state index in [9.17, 15) is 4.79 Å². The molecule has 1 aliphatic rings. The quantitative estimate of drug-likeness (QED) is 0.641. The maximum atomic E-state index is 12.4. The summed E-state index contributed by atoms with van der Waals surface area (Å²) in [5.41, 5.74) is 4.04. The van der Waals surface area contributed by atoms with Crippen LogP contribution in [0.15, 0.2) is 47.5 Å². The summed E-state index contributed by atoms with van der Waals surface area (Å²) in [6.07, 6.45) is 1.01. The van der Waals surface area contributed by atoms with Crippen molar-refractivity contribution in [2.24, 2.45) is 0 Å². The van der Waals surface area contributed by atoms with Crippen molar-refractivity contribution < 1.29 is 14.3 Å². The van der Waals surface area contributed by atoms with Crippen LogP contribution in [-0.4, -0.2) is 29.9 Å². The molecule has 144 valence electrons. The molecule has 3 aromatic rings. The zero-order valence-electron chi connectivity index (χ0n) is 16.0. The van der Waals surface area contributed by atoms with Crippen molar-refractivity contribution >= 4 is 34.3 Å². The van der Waals surface area contributed by atoms with E-state index in [1.54, 1.807) is 6.07 Å². The predicted octanol–water partition coefficient (Wildman–Crippen LogP) is 4.61. The highest BCUT2D eigenvalue weighted by Crippen LogP contribution is 2.32. The molecule has 0 saturated carbocycles. The number of fused-ring (bicyclic) bond motifs is 2. The van der Waals surface area contributed by atoms with Gasteiger partial charge < -0.3 is 14.8 Å². The van der Waals surface area contributed by atoms with Crippen LogP contribution in [-0.2, 0) is 11.2 Å². The molecule has 28 heavy (non-hydrogen) atoms. The van der Waals surface area contributed by atoms with E-state index < -0.39 is 0 Å². The first kappa shape index (κ1) is 18.6. The largest absolute Gasteiger partial charge is 0.486 e. The number of pyridine rings is 1. The predicted molar refractivity (Wildman–Crippen MR) is 113 cm³/mol. The third-order valence-corrected chi connectivity index (χ3v) is 5.69. The fraction of sp³-hybridized carbons (Fsp3) is 0.273. The van der Waals surface area contributed by atoms with Crippen molar-refractivity contribution in [2.75, 3.05) is 24.3 Å². The van der Waals surface area contributed by atoms with E-state index in [0.717, 1.165) is 27.9 Å². The molecule has 6 heteroatoms. The van der Waals surface area contributed by atoms with Gasteiger partial charge in [-0.2, -0.15) is 0 Å². The van der Waals surface area contributed by atoms with Crippen LogP contribution in [0.2, 0.25) is 0 Å². The Morgan fingerprint density at radius 1 is 1.11 bits per heavy atom. The molecule has 2 heterocycles. The van der Waals surface area contributed by atoms with Crippen molar-refractivity contribution in [1.82, 2.24) is 4.98 Å². The lowest BCUT2D eigenvalue weighted by Crippen LogP contribution is -2.17. The number of anilines is 1. The number of benzene rings is 2.